The smallest absolute Gasteiger partial charge is 0.343 e. The lowest BCUT2D eigenvalue weighted by molar-refractivity contribution is -0.120. The fourth-order valence-electron chi connectivity index (χ4n) is 3.26. The zero-order chi connectivity index (χ0) is 23.5. The number of hydrogen-bond donors (Lipinski definition) is 1. The van der Waals surface area contributed by atoms with Crippen molar-refractivity contribution >= 4 is 47.0 Å². The van der Waals surface area contributed by atoms with Gasteiger partial charge >= 0.3 is 5.97 Å². The van der Waals surface area contributed by atoms with E-state index in [1.807, 2.05) is 6.07 Å². The number of esters is 1. The second-order valence-corrected chi connectivity index (χ2v) is 7.58. The number of nitrogens with zero attached hydrogens (tertiary/aromatic N) is 1. The molecule has 3 aromatic rings. The monoisotopic (exact) mass is 460 g/mol. The van der Waals surface area contributed by atoms with Gasteiger partial charge in [-0.1, -0.05) is 29.8 Å². The highest BCUT2D eigenvalue weighted by atomic mass is 35.5. The molecule has 0 atom stereocenters. The first kappa shape index (κ1) is 22.0. The maximum atomic E-state index is 12.9. The number of carbonyl (C=O) groups excluding carboxylic acids is 4. The van der Waals surface area contributed by atoms with Crippen LogP contribution in [0.25, 0.3) is 0 Å². The predicted octanol–water partition coefficient (Wildman–Crippen LogP) is 4.46. The standard InChI is InChI=1S/C25H17ClN2O5/c1-15-4-2-3-5-20(15)28-23(30)21(26)22(24(28)31)27-18-10-8-17(9-11-18)25(32)33-19-12-6-16(14-29)7-13-19/h2-14,27H,1H3. The lowest BCUT2D eigenvalue weighted by atomic mass is 10.2. The van der Waals surface area contributed by atoms with Gasteiger partial charge in [0.15, 0.2) is 0 Å². The molecule has 4 rings (SSSR count). The van der Waals surface area contributed by atoms with Crippen LogP contribution in [0.5, 0.6) is 5.75 Å². The van der Waals surface area contributed by atoms with Crippen LogP contribution < -0.4 is 15.0 Å². The third-order valence-corrected chi connectivity index (χ3v) is 5.35. The second kappa shape index (κ2) is 9.10. The van der Waals surface area contributed by atoms with E-state index in [4.69, 9.17) is 16.3 Å². The number of anilines is 2. The van der Waals surface area contributed by atoms with Crippen LogP contribution in [0.4, 0.5) is 11.4 Å². The van der Waals surface area contributed by atoms with Crippen molar-refractivity contribution in [3.63, 3.8) is 0 Å². The predicted molar refractivity (Wildman–Crippen MR) is 123 cm³/mol. The van der Waals surface area contributed by atoms with Crippen molar-refractivity contribution < 1.29 is 23.9 Å². The van der Waals surface area contributed by atoms with Crippen molar-refractivity contribution in [1.29, 1.82) is 0 Å². The highest BCUT2D eigenvalue weighted by Crippen LogP contribution is 2.31. The summed E-state index contributed by atoms with van der Waals surface area (Å²) < 4.78 is 5.28. The molecule has 0 aliphatic carbocycles. The van der Waals surface area contributed by atoms with E-state index in [0.29, 0.717) is 29.0 Å². The molecule has 1 heterocycles. The Bertz CT molecular complexity index is 1300. The number of benzene rings is 3. The van der Waals surface area contributed by atoms with Crippen LogP contribution in [-0.2, 0) is 9.59 Å². The van der Waals surface area contributed by atoms with Crippen molar-refractivity contribution in [3.8, 4) is 5.75 Å². The van der Waals surface area contributed by atoms with Crippen LogP contribution in [0.1, 0.15) is 26.3 Å². The Kier molecular flexibility index (Phi) is 6.06. The Morgan fingerprint density at radius 2 is 1.61 bits per heavy atom. The number of amides is 2. The number of hydrogen-bond acceptors (Lipinski definition) is 6. The van der Waals surface area contributed by atoms with E-state index in [1.165, 1.54) is 24.3 Å². The van der Waals surface area contributed by atoms with Crippen LogP contribution >= 0.6 is 11.6 Å². The quantitative estimate of drug-likeness (QED) is 0.252. The van der Waals surface area contributed by atoms with Crippen LogP contribution in [0.2, 0.25) is 0 Å². The van der Waals surface area contributed by atoms with Crippen molar-refractivity contribution in [2.45, 2.75) is 6.92 Å². The maximum absolute atomic E-state index is 12.9. The van der Waals surface area contributed by atoms with Crippen molar-refractivity contribution in [1.82, 2.24) is 0 Å². The lowest BCUT2D eigenvalue weighted by Gasteiger charge is -2.17. The van der Waals surface area contributed by atoms with E-state index in [9.17, 15) is 19.2 Å². The Hall–Kier alpha value is -4.23. The molecule has 7 nitrogen and oxygen atoms in total. The molecule has 0 bridgehead atoms. The number of ether oxygens (including phenoxy) is 1. The van der Waals surface area contributed by atoms with Crippen LogP contribution in [0.3, 0.4) is 0 Å². The van der Waals surface area contributed by atoms with Gasteiger partial charge in [0.2, 0.25) is 0 Å². The average Bonchev–Trinajstić information content (AvgIpc) is 3.03. The number of aldehydes is 1. The van der Waals surface area contributed by atoms with Crippen LogP contribution in [-0.4, -0.2) is 24.1 Å². The zero-order valence-corrected chi connectivity index (χ0v) is 18.1. The number of imide groups is 1. The lowest BCUT2D eigenvalue weighted by Crippen LogP contribution is -2.32. The SMILES string of the molecule is Cc1ccccc1N1C(=O)C(Cl)=C(Nc2ccc(C(=O)Oc3ccc(C=O)cc3)cc2)C1=O. The molecule has 33 heavy (non-hydrogen) atoms. The topological polar surface area (TPSA) is 92.8 Å². The van der Waals surface area contributed by atoms with Gasteiger partial charge in [-0.15, -0.1) is 0 Å². The molecule has 1 aliphatic rings. The molecular formula is C25H17ClN2O5. The summed E-state index contributed by atoms with van der Waals surface area (Å²) in [4.78, 5) is 49.6. The van der Waals surface area contributed by atoms with Gasteiger partial charge in [-0.3, -0.25) is 14.4 Å². The van der Waals surface area contributed by atoms with Crippen LogP contribution in [0, 0.1) is 6.92 Å². The van der Waals surface area contributed by atoms with E-state index in [0.717, 1.165) is 10.5 Å². The minimum Gasteiger partial charge on any atom is -0.423 e. The molecule has 0 radical (unpaired) electrons. The molecule has 0 aromatic heterocycles. The zero-order valence-electron chi connectivity index (χ0n) is 17.4. The molecule has 164 valence electrons. The summed E-state index contributed by atoms with van der Waals surface area (Å²) in [6.07, 6.45) is 0.696. The Morgan fingerprint density at radius 1 is 0.939 bits per heavy atom. The minimum atomic E-state index is -0.612. The molecule has 0 saturated heterocycles. The van der Waals surface area contributed by atoms with Crippen molar-refractivity contribution in [2.75, 3.05) is 10.2 Å². The van der Waals surface area contributed by atoms with Crippen molar-refractivity contribution in [3.05, 3.63) is 100 Å². The van der Waals surface area contributed by atoms with Crippen LogP contribution in [0.15, 0.2) is 83.5 Å². The van der Waals surface area contributed by atoms with E-state index in [-0.39, 0.29) is 16.3 Å². The van der Waals surface area contributed by atoms with Gasteiger partial charge < -0.3 is 10.1 Å². The van der Waals surface area contributed by atoms with Gasteiger partial charge in [0.05, 0.1) is 11.3 Å². The molecule has 0 saturated carbocycles. The number of carbonyl (C=O) groups is 4. The summed E-state index contributed by atoms with van der Waals surface area (Å²) in [6.45, 7) is 1.80. The second-order valence-electron chi connectivity index (χ2n) is 7.20. The third-order valence-electron chi connectivity index (χ3n) is 5.00. The van der Waals surface area contributed by atoms with E-state index < -0.39 is 17.8 Å². The molecule has 8 heteroatoms. The van der Waals surface area contributed by atoms with Gasteiger partial charge in [-0.25, -0.2) is 9.69 Å². The molecule has 3 aromatic carbocycles. The van der Waals surface area contributed by atoms with Gasteiger partial charge in [0.25, 0.3) is 11.8 Å². The molecule has 1 aliphatic heterocycles. The fourth-order valence-corrected chi connectivity index (χ4v) is 3.47. The number of halogens is 1. The molecule has 0 unspecified atom stereocenters. The summed E-state index contributed by atoms with van der Waals surface area (Å²) >= 11 is 6.17. The fraction of sp³-hybridized carbons (Fsp3) is 0.0400. The van der Waals surface area contributed by atoms with E-state index in [2.05, 4.69) is 5.32 Å². The molecule has 1 N–H and O–H groups in total. The van der Waals surface area contributed by atoms with E-state index in [1.54, 1.807) is 49.4 Å². The summed E-state index contributed by atoms with van der Waals surface area (Å²) in [5.41, 5.74) is 2.38. The normalized spacial score (nSPS) is 13.3. The summed E-state index contributed by atoms with van der Waals surface area (Å²) in [5.74, 6) is -1.47. The molecule has 2 amide bonds. The maximum Gasteiger partial charge on any atom is 0.343 e. The van der Waals surface area contributed by atoms with Gasteiger partial charge in [0.1, 0.15) is 22.8 Å². The van der Waals surface area contributed by atoms with Gasteiger partial charge in [0, 0.05) is 11.3 Å². The summed E-state index contributed by atoms with van der Waals surface area (Å²) in [7, 11) is 0. The molecule has 0 spiro atoms. The third kappa shape index (κ3) is 4.40. The van der Waals surface area contributed by atoms with E-state index >= 15 is 0 Å². The minimum absolute atomic E-state index is 0.0458. The Balaban J connectivity index is 1.47. The summed E-state index contributed by atoms with van der Waals surface area (Å²) in [6, 6.07) is 19.3. The number of nitrogens with one attached hydrogen (secondary N) is 1. The molecule has 0 fully saturated rings. The van der Waals surface area contributed by atoms with Crippen molar-refractivity contribution in [2.24, 2.45) is 0 Å². The number of aryl methyl sites for hydroxylation is 1. The average molecular weight is 461 g/mol. The Labute approximate surface area is 194 Å². The summed E-state index contributed by atoms with van der Waals surface area (Å²) in [5, 5.41) is 2.65. The first-order chi connectivity index (χ1) is 15.9. The molecular weight excluding hydrogens is 444 g/mol. The highest BCUT2D eigenvalue weighted by molar-refractivity contribution is 6.53. The largest absolute Gasteiger partial charge is 0.423 e. The first-order valence-corrected chi connectivity index (χ1v) is 10.3. The van der Waals surface area contributed by atoms with Gasteiger partial charge in [-0.2, -0.15) is 0 Å². The number of para-hydroxylation sites is 1. The first-order valence-electron chi connectivity index (χ1n) is 9.87. The highest BCUT2D eigenvalue weighted by Gasteiger charge is 2.39. The van der Waals surface area contributed by atoms with Gasteiger partial charge in [-0.05, 0) is 67.1 Å². The Morgan fingerprint density at radius 3 is 2.24 bits per heavy atom. The number of rotatable bonds is 6.